The van der Waals surface area contributed by atoms with Gasteiger partial charge in [0.05, 0.1) is 6.61 Å². The maximum Gasteiger partial charge on any atom is 0.269 e. The highest BCUT2D eigenvalue weighted by atomic mass is 16.5. The number of carbonyl (C=O) groups is 2. The second-order valence-corrected chi connectivity index (χ2v) is 3.56. The smallest absolute Gasteiger partial charge is 0.269 e. The van der Waals surface area contributed by atoms with Gasteiger partial charge in [-0.1, -0.05) is 0 Å². The fourth-order valence-corrected chi connectivity index (χ4v) is 1.22. The summed E-state index contributed by atoms with van der Waals surface area (Å²) < 4.78 is 4.79. The van der Waals surface area contributed by atoms with E-state index >= 15 is 0 Å². The summed E-state index contributed by atoms with van der Waals surface area (Å²) in [5.41, 5.74) is 5.63. The summed E-state index contributed by atoms with van der Waals surface area (Å²) >= 11 is 0. The molecule has 8 nitrogen and oxygen atoms in total. The summed E-state index contributed by atoms with van der Waals surface area (Å²) in [6.45, 7) is 1.17. The van der Waals surface area contributed by atoms with E-state index in [0.29, 0.717) is 13.2 Å². The highest BCUT2D eigenvalue weighted by Gasteiger charge is 2.08. The van der Waals surface area contributed by atoms with E-state index in [9.17, 15) is 9.59 Å². The molecule has 0 spiro atoms. The monoisotopic (exact) mass is 255 g/mol. The molecule has 1 heterocycles. The van der Waals surface area contributed by atoms with Crippen LogP contribution in [0.3, 0.4) is 0 Å². The molecular weight excluding hydrogens is 238 g/mol. The molecule has 0 aliphatic heterocycles. The number of anilines is 1. The molecule has 0 atom stereocenters. The zero-order chi connectivity index (χ0) is 13.4. The van der Waals surface area contributed by atoms with Crippen LogP contribution in [0.2, 0.25) is 0 Å². The van der Waals surface area contributed by atoms with E-state index in [1.54, 1.807) is 7.11 Å². The lowest BCUT2D eigenvalue weighted by atomic mass is 10.3. The van der Waals surface area contributed by atoms with Crippen LogP contribution in [0.4, 0.5) is 5.82 Å². The summed E-state index contributed by atoms with van der Waals surface area (Å²) in [5, 5.41) is 11.3. The van der Waals surface area contributed by atoms with E-state index in [4.69, 9.17) is 10.5 Å². The number of hydrogen-bond acceptors (Lipinski definition) is 5. The first-order chi connectivity index (χ1) is 8.63. The van der Waals surface area contributed by atoms with Crippen molar-refractivity contribution in [1.82, 2.24) is 20.8 Å². The second-order valence-electron chi connectivity index (χ2n) is 3.56. The van der Waals surface area contributed by atoms with E-state index in [1.807, 2.05) is 0 Å². The van der Waals surface area contributed by atoms with Crippen LogP contribution in [0, 0.1) is 0 Å². The van der Waals surface area contributed by atoms with Crippen molar-refractivity contribution in [2.75, 3.05) is 32.5 Å². The molecule has 8 heteroatoms. The predicted molar refractivity (Wildman–Crippen MR) is 64.8 cm³/mol. The van der Waals surface area contributed by atoms with Gasteiger partial charge in [-0.2, -0.15) is 5.10 Å². The predicted octanol–water partition coefficient (Wildman–Crippen LogP) is -1.13. The SMILES string of the molecule is COCCNC(=O)CCNC(=O)c1cc(N)n[nH]1. The van der Waals surface area contributed by atoms with Crippen LogP contribution < -0.4 is 16.4 Å². The highest BCUT2D eigenvalue weighted by Crippen LogP contribution is 1.99. The molecule has 1 rings (SSSR count). The molecule has 0 saturated carbocycles. The first kappa shape index (κ1) is 14.0. The van der Waals surface area contributed by atoms with Crippen molar-refractivity contribution in [1.29, 1.82) is 0 Å². The van der Waals surface area contributed by atoms with E-state index in [2.05, 4.69) is 20.8 Å². The van der Waals surface area contributed by atoms with Crippen LogP contribution in [0.15, 0.2) is 6.07 Å². The maximum atomic E-state index is 11.5. The number of methoxy groups -OCH3 is 1. The molecule has 0 aliphatic rings. The van der Waals surface area contributed by atoms with Gasteiger partial charge in [0.15, 0.2) is 0 Å². The Kier molecular flexibility index (Phi) is 5.65. The van der Waals surface area contributed by atoms with Crippen molar-refractivity contribution in [3.8, 4) is 0 Å². The van der Waals surface area contributed by atoms with Gasteiger partial charge < -0.3 is 21.1 Å². The number of nitrogen functional groups attached to an aromatic ring is 1. The Morgan fingerprint density at radius 3 is 2.83 bits per heavy atom. The van der Waals surface area contributed by atoms with Crippen molar-refractivity contribution >= 4 is 17.6 Å². The summed E-state index contributed by atoms with van der Waals surface area (Å²) in [6, 6.07) is 1.42. The molecule has 0 radical (unpaired) electrons. The van der Waals surface area contributed by atoms with E-state index in [0.717, 1.165) is 0 Å². The van der Waals surface area contributed by atoms with Gasteiger partial charge in [-0.05, 0) is 0 Å². The van der Waals surface area contributed by atoms with E-state index in [-0.39, 0.29) is 36.3 Å². The van der Waals surface area contributed by atoms with Crippen molar-refractivity contribution < 1.29 is 14.3 Å². The number of nitrogens with one attached hydrogen (secondary N) is 3. The fraction of sp³-hybridized carbons (Fsp3) is 0.500. The largest absolute Gasteiger partial charge is 0.383 e. The zero-order valence-corrected chi connectivity index (χ0v) is 10.2. The third-order valence-corrected chi connectivity index (χ3v) is 2.11. The number of rotatable bonds is 7. The number of hydrogen-bond donors (Lipinski definition) is 4. The Bertz CT molecular complexity index is 404. The highest BCUT2D eigenvalue weighted by molar-refractivity contribution is 5.93. The zero-order valence-electron chi connectivity index (χ0n) is 10.2. The number of carbonyl (C=O) groups excluding carboxylic acids is 2. The average molecular weight is 255 g/mol. The molecule has 18 heavy (non-hydrogen) atoms. The number of H-pyrrole nitrogens is 1. The Morgan fingerprint density at radius 2 is 2.22 bits per heavy atom. The Hall–Kier alpha value is -2.09. The van der Waals surface area contributed by atoms with Crippen molar-refractivity contribution in [3.05, 3.63) is 11.8 Å². The maximum absolute atomic E-state index is 11.5. The molecule has 1 aromatic rings. The number of aromatic amines is 1. The minimum Gasteiger partial charge on any atom is -0.383 e. The van der Waals surface area contributed by atoms with E-state index < -0.39 is 0 Å². The second kappa shape index (κ2) is 7.28. The fourth-order valence-electron chi connectivity index (χ4n) is 1.22. The van der Waals surface area contributed by atoms with E-state index in [1.165, 1.54) is 6.07 Å². The molecule has 100 valence electrons. The lowest BCUT2D eigenvalue weighted by Crippen LogP contribution is -2.32. The van der Waals surface area contributed by atoms with Crippen molar-refractivity contribution in [2.45, 2.75) is 6.42 Å². The van der Waals surface area contributed by atoms with Crippen LogP contribution in [0.25, 0.3) is 0 Å². The van der Waals surface area contributed by atoms with Gasteiger partial charge in [-0.15, -0.1) is 0 Å². The average Bonchev–Trinajstić information content (AvgIpc) is 2.76. The molecular formula is C10H17N5O3. The number of amides is 2. The van der Waals surface area contributed by atoms with Crippen LogP contribution in [-0.4, -0.2) is 48.8 Å². The topological polar surface area (TPSA) is 122 Å². The van der Waals surface area contributed by atoms with Crippen LogP contribution in [0.5, 0.6) is 0 Å². The normalized spacial score (nSPS) is 10.1. The molecule has 0 bridgehead atoms. The van der Waals surface area contributed by atoms with Gasteiger partial charge in [-0.3, -0.25) is 14.7 Å². The lowest BCUT2D eigenvalue weighted by molar-refractivity contribution is -0.121. The number of aromatic nitrogens is 2. The summed E-state index contributed by atoms with van der Waals surface area (Å²) in [6.07, 6.45) is 0.207. The molecule has 0 unspecified atom stereocenters. The van der Waals surface area contributed by atoms with Crippen molar-refractivity contribution in [2.24, 2.45) is 0 Å². The van der Waals surface area contributed by atoms with Crippen LogP contribution in [-0.2, 0) is 9.53 Å². The van der Waals surface area contributed by atoms with Crippen LogP contribution >= 0.6 is 0 Å². The molecule has 5 N–H and O–H groups in total. The quantitative estimate of drug-likeness (QED) is 0.459. The third-order valence-electron chi connectivity index (χ3n) is 2.11. The van der Waals surface area contributed by atoms with Gasteiger partial charge >= 0.3 is 0 Å². The molecule has 0 fully saturated rings. The summed E-state index contributed by atoms with van der Waals surface area (Å²) in [7, 11) is 1.56. The molecule has 0 saturated heterocycles. The first-order valence-electron chi connectivity index (χ1n) is 5.48. The van der Waals surface area contributed by atoms with Gasteiger partial charge in [0.25, 0.3) is 5.91 Å². The first-order valence-corrected chi connectivity index (χ1v) is 5.48. The Balaban J connectivity index is 2.17. The Labute approximate surface area is 104 Å². The molecule has 0 aliphatic carbocycles. The lowest BCUT2D eigenvalue weighted by Gasteiger charge is -2.05. The van der Waals surface area contributed by atoms with Gasteiger partial charge in [0, 0.05) is 32.7 Å². The minimum atomic E-state index is -0.344. The number of nitrogens with zero attached hydrogens (tertiary/aromatic N) is 1. The third kappa shape index (κ3) is 4.83. The van der Waals surface area contributed by atoms with Gasteiger partial charge in [-0.25, -0.2) is 0 Å². The van der Waals surface area contributed by atoms with Crippen LogP contribution in [0.1, 0.15) is 16.9 Å². The summed E-state index contributed by atoms with van der Waals surface area (Å²) in [5.74, 6) is -0.238. The van der Waals surface area contributed by atoms with Crippen molar-refractivity contribution in [3.63, 3.8) is 0 Å². The molecule has 2 amide bonds. The standard InChI is InChI=1S/C10H17N5O3/c1-18-5-4-12-9(16)2-3-13-10(17)7-6-8(11)15-14-7/h6H,2-5H2,1H3,(H,12,16)(H,13,17)(H3,11,14,15). The Morgan fingerprint density at radius 1 is 1.44 bits per heavy atom. The van der Waals surface area contributed by atoms with Gasteiger partial charge in [0.1, 0.15) is 11.5 Å². The summed E-state index contributed by atoms with van der Waals surface area (Å²) in [4.78, 5) is 22.8. The molecule has 1 aromatic heterocycles. The number of nitrogens with two attached hydrogens (primary N) is 1. The minimum absolute atomic E-state index is 0.142. The molecule has 0 aromatic carbocycles. The number of ether oxygens (including phenoxy) is 1. The van der Waals surface area contributed by atoms with Gasteiger partial charge in [0.2, 0.25) is 5.91 Å².